The van der Waals surface area contributed by atoms with Crippen LogP contribution in [0.25, 0.3) is 0 Å². The number of nitrogens with zero attached hydrogens (tertiary/aromatic N) is 2. The highest BCUT2D eigenvalue weighted by Gasteiger charge is 2.34. The largest absolute Gasteiger partial charge is 0.480 e. The molecule has 28 heteroatoms. The van der Waals surface area contributed by atoms with Gasteiger partial charge in [0.2, 0.25) is 47.3 Å². The van der Waals surface area contributed by atoms with Gasteiger partial charge in [-0.1, -0.05) is 64.4 Å². The Labute approximate surface area is 436 Å². The number of nitrogens with two attached hydrogens (primary N) is 5. The normalized spacial score (nSPS) is 14.7. The number of nitrogens with one attached hydrogen (secondary N) is 8. The lowest BCUT2D eigenvalue weighted by molar-refractivity contribution is -0.141. The Morgan fingerprint density at radius 2 is 1.06 bits per heavy atom. The van der Waals surface area contributed by atoms with Crippen molar-refractivity contribution >= 4 is 103 Å². The SMILES string of the molecule is CC[C@H](C)[C@H](NC(=O)[C@H](CS)NC(=O)[C@@H](N)CCCN=C(N)N)C(=O)N[C@@H](CS)C(=O)NCC(=O)N[C@@H](CC(C)C)C(=O)N[C@@H](CCCN=C(N)N)C(=O)N[C@@H](Cc1ccccc1)C(=O)N[C@@H](CS)C(=O)O. The van der Waals surface area contributed by atoms with Gasteiger partial charge in [0.1, 0.15) is 42.3 Å². The summed E-state index contributed by atoms with van der Waals surface area (Å²) in [6, 6.07) is -1.26. The summed E-state index contributed by atoms with van der Waals surface area (Å²) in [4.78, 5) is 127. The number of thiol groups is 3. The van der Waals surface area contributed by atoms with Crippen molar-refractivity contribution < 1.29 is 48.3 Å². The predicted octanol–water partition coefficient (Wildman–Crippen LogP) is -3.86. The molecule has 8 amide bonds. The van der Waals surface area contributed by atoms with Crippen LogP contribution in [0, 0.1) is 11.8 Å². The molecular formula is C44H75N15O10S3. The standard InChI is InChI=1S/C44H75N15O10S3/c1-5-24(4)34(59-40(66)31(21-71)56-35(61)26(45)13-9-15-50-43(46)47)41(67)57-30(20-70)36(62)52-19-33(60)53-28(17-23(2)3)38(64)54-27(14-10-16-51-44(48)49)37(63)55-29(18-25-11-7-6-8-12-25)39(65)58-32(22-72)42(68)69/h6-8,11-12,23-24,26-32,34,70-72H,5,9-10,13-22,45H2,1-4H3,(H,52,62)(H,53,60)(H,54,64)(H,55,63)(H,56,61)(H,57,67)(H,58,65)(H,59,66)(H,68,69)(H4,46,47,50)(H4,48,49,51)/t24-,26-,27-,28-,29-,30-,31-,32-,34-/m0/s1. The van der Waals surface area contributed by atoms with Crippen LogP contribution in [0.1, 0.15) is 71.8 Å². The maximum absolute atomic E-state index is 14.0. The third-order valence-corrected chi connectivity index (χ3v) is 11.9. The lowest BCUT2D eigenvalue weighted by atomic mass is 9.97. The molecule has 0 aromatic heterocycles. The second-order valence-electron chi connectivity index (χ2n) is 17.2. The van der Waals surface area contributed by atoms with E-state index in [4.69, 9.17) is 28.7 Å². The van der Waals surface area contributed by atoms with Gasteiger partial charge in [-0.2, -0.15) is 37.9 Å². The van der Waals surface area contributed by atoms with E-state index in [-0.39, 0.29) is 80.3 Å². The van der Waals surface area contributed by atoms with Crippen LogP contribution >= 0.6 is 37.9 Å². The number of aliphatic carboxylic acids is 1. The van der Waals surface area contributed by atoms with Gasteiger partial charge in [-0.15, -0.1) is 0 Å². The molecule has 404 valence electrons. The second kappa shape index (κ2) is 34.4. The van der Waals surface area contributed by atoms with E-state index in [1.165, 1.54) is 0 Å². The molecule has 0 radical (unpaired) electrons. The van der Waals surface area contributed by atoms with Gasteiger partial charge in [-0.3, -0.25) is 48.3 Å². The molecule has 0 aliphatic carbocycles. The van der Waals surface area contributed by atoms with E-state index in [2.05, 4.69) is 90.4 Å². The van der Waals surface area contributed by atoms with Crippen LogP contribution in [0.3, 0.4) is 0 Å². The van der Waals surface area contributed by atoms with Crippen molar-refractivity contribution in [2.24, 2.45) is 50.5 Å². The quantitative estimate of drug-likeness (QED) is 0.0136. The van der Waals surface area contributed by atoms with Crippen molar-refractivity contribution in [3.63, 3.8) is 0 Å². The first-order valence-electron chi connectivity index (χ1n) is 23.3. The number of hydrogen-bond donors (Lipinski definition) is 17. The summed E-state index contributed by atoms with van der Waals surface area (Å²) in [6.07, 6.45) is 1.21. The average molecular weight is 1070 g/mol. The van der Waals surface area contributed by atoms with Gasteiger partial charge in [0, 0.05) is 36.8 Å². The zero-order valence-corrected chi connectivity index (χ0v) is 43.8. The molecule has 0 aliphatic heterocycles. The molecule has 19 N–H and O–H groups in total. The summed E-state index contributed by atoms with van der Waals surface area (Å²) in [5, 5.41) is 29.9. The van der Waals surface area contributed by atoms with Gasteiger partial charge in [-0.05, 0) is 49.5 Å². The Hall–Kier alpha value is -6.00. The van der Waals surface area contributed by atoms with E-state index >= 15 is 0 Å². The van der Waals surface area contributed by atoms with Gasteiger partial charge < -0.3 is 76.3 Å². The smallest absolute Gasteiger partial charge is 0.327 e. The third kappa shape index (κ3) is 24.9. The van der Waals surface area contributed by atoms with Crippen LogP contribution in [-0.2, 0) is 49.6 Å². The minimum absolute atomic E-state index is 0.0378. The van der Waals surface area contributed by atoms with Crippen molar-refractivity contribution in [1.82, 2.24) is 42.5 Å². The number of guanidine groups is 2. The molecule has 0 unspecified atom stereocenters. The number of amides is 8. The maximum atomic E-state index is 14.0. The number of carboxylic acid groups (broad SMARTS) is 1. The molecule has 0 aliphatic rings. The van der Waals surface area contributed by atoms with E-state index in [1.807, 2.05) is 0 Å². The van der Waals surface area contributed by atoms with Crippen LogP contribution in [0.15, 0.2) is 40.3 Å². The molecule has 1 aromatic rings. The zero-order valence-electron chi connectivity index (χ0n) is 41.1. The lowest BCUT2D eigenvalue weighted by Gasteiger charge is -2.28. The van der Waals surface area contributed by atoms with E-state index in [9.17, 15) is 48.3 Å². The Morgan fingerprint density at radius 3 is 1.58 bits per heavy atom. The number of carbonyl (C=O) groups excluding carboxylic acids is 8. The van der Waals surface area contributed by atoms with E-state index < -0.39 is 114 Å². The summed E-state index contributed by atoms with van der Waals surface area (Å²) in [5.41, 5.74) is 28.2. The van der Waals surface area contributed by atoms with Crippen molar-refractivity contribution in [1.29, 1.82) is 0 Å². The highest BCUT2D eigenvalue weighted by Crippen LogP contribution is 2.12. The third-order valence-electron chi connectivity index (χ3n) is 10.8. The number of carbonyl (C=O) groups is 9. The second-order valence-corrected chi connectivity index (χ2v) is 18.3. The fourth-order valence-electron chi connectivity index (χ4n) is 6.61. The van der Waals surface area contributed by atoms with Gasteiger partial charge in [0.05, 0.1) is 12.6 Å². The highest BCUT2D eigenvalue weighted by molar-refractivity contribution is 7.80. The van der Waals surface area contributed by atoms with Crippen LogP contribution in [0.2, 0.25) is 0 Å². The fourth-order valence-corrected chi connectivity index (χ4v) is 7.37. The first-order chi connectivity index (χ1) is 34.0. The van der Waals surface area contributed by atoms with Crippen molar-refractivity contribution in [3.8, 4) is 0 Å². The van der Waals surface area contributed by atoms with Gasteiger partial charge in [-0.25, -0.2) is 4.79 Å². The molecule has 0 spiro atoms. The summed E-state index contributed by atoms with van der Waals surface area (Å²) < 4.78 is 0. The Bertz CT molecular complexity index is 2010. The number of hydrogen-bond acceptors (Lipinski definition) is 15. The minimum atomic E-state index is -1.37. The molecule has 25 nitrogen and oxygen atoms in total. The molecule has 0 fully saturated rings. The molecule has 0 heterocycles. The van der Waals surface area contributed by atoms with Crippen molar-refractivity contribution in [2.45, 2.75) is 121 Å². The summed E-state index contributed by atoms with van der Waals surface area (Å²) in [6.45, 7) is 6.71. The Kier molecular flexibility index (Phi) is 30.6. The summed E-state index contributed by atoms with van der Waals surface area (Å²) in [5.74, 6) is -9.05. The van der Waals surface area contributed by atoms with Gasteiger partial charge in [0.15, 0.2) is 11.9 Å². The first kappa shape index (κ1) is 64.0. The van der Waals surface area contributed by atoms with Crippen LogP contribution in [-0.4, -0.2) is 155 Å². The zero-order chi connectivity index (χ0) is 54.5. The highest BCUT2D eigenvalue weighted by atomic mass is 32.1. The maximum Gasteiger partial charge on any atom is 0.327 e. The number of carboxylic acids is 1. The first-order valence-corrected chi connectivity index (χ1v) is 25.2. The van der Waals surface area contributed by atoms with Gasteiger partial charge in [0.25, 0.3) is 0 Å². The van der Waals surface area contributed by atoms with Crippen LogP contribution < -0.4 is 71.2 Å². The van der Waals surface area contributed by atoms with E-state index in [0.29, 0.717) is 18.4 Å². The predicted molar refractivity (Wildman–Crippen MR) is 283 cm³/mol. The van der Waals surface area contributed by atoms with Gasteiger partial charge >= 0.3 is 5.97 Å². The average Bonchev–Trinajstić information content (AvgIpc) is 3.33. The van der Waals surface area contributed by atoms with E-state index in [1.54, 1.807) is 58.0 Å². The van der Waals surface area contributed by atoms with Crippen LogP contribution in [0.4, 0.5) is 0 Å². The monoisotopic (exact) mass is 1070 g/mol. The molecule has 1 aromatic carbocycles. The Morgan fingerprint density at radius 1 is 0.583 bits per heavy atom. The summed E-state index contributed by atoms with van der Waals surface area (Å²) in [7, 11) is 0. The van der Waals surface area contributed by atoms with Crippen molar-refractivity contribution in [3.05, 3.63) is 35.9 Å². The molecule has 72 heavy (non-hydrogen) atoms. The molecular weight excluding hydrogens is 995 g/mol. The number of rotatable bonds is 34. The molecule has 0 bridgehead atoms. The number of benzene rings is 1. The fraction of sp³-hybridized carbons (Fsp3) is 0.614. The summed E-state index contributed by atoms with van der Waals surface area (Å²) >= 11 is 12.4. The van der Waals surface area contributed by atoms with E-state index in [0.717, 1.165) is 0 Å². The molecule has 0 saturated heterocycles. The molecule has 0 saturated carbocycles. The molecule has 1 rings (SSSR count). The van der Waals surface area contributed by atoms with Crippen molar-refractivity contribution in [2.75, 3.05) is 36.9 Å². The Balaban J connectivity index is 3.18. The van der Waals surface area contributed by atoms with Crippen LogP contribution in [0.5, 0.6) is 0 Å². The topological polar surface area (TPSA) is 425 Å². The number of aliphatic imine (C=N–C) groups is 2. The lowest BCUT2D eigenvalue weighted by Crippen LogP contribution is -2.60. The minimum Gasteiger partial charge on any atom is -0.480 e. The molecule has 9 atom stereocenters.